The van der Waals surface area contributed by atoms with E-state index >= 15 is 0 Å². The highest BCUT2D eigenvalue weighted by atomic mass is 79.9. The monoisotopic (exact) mass is 336 g/mol. The van der Waals surface area contributed by atoms with Crippen LogP contribution >= 0.6 is 15.9 Å². The molecule has 2 aromatic rings. The molecule has 0 aliphatic heterocycles. The molecule has 0 aliphatic carbocycles. The molecule has 0 spiro atoms. The zero-order valence-electron chi connectivity index (χ0n) is 11.5. The first kappa shape index (κ1) is 14.6. The van der Waals surface area contributed by atoms with Crippen LogP contribution in [-0.2, 0) is 13.1 Å². The summed E-state index contributed by atoms with van der Waals surface area (Å²) in [5.41, 5.74) is 8.67. The summed E-state index contributed by atoms with van der Waals surface area (Å²) in [7, 11) is 0. The Morgan fingerprint density at radius 3 is 2.90 bits per heavy atom. The zero-order chi connectivity index (χ0) is 14.7. The Morgan fingerprint density at radius 2 is 2.25 bits per heavy atom. The number of nitrogens with two attached hydrogens (primary N) is 1. The van der Waals surface area contributed by atoms with Gasteiger partial charge >= 0.3 is 0 Å². The number of hydrogen-bond acceptors (Lipinski definition) is 3. The molecule has 0 saturated heterocycles. The molecule has 1 amide bonds. The van der Waals surface area contributed by atoms with Crippen LogP contribution in [-0.4, -0.2) is 15.7 Å². The maximum absolute atomic E-state index is 11.2. The minimum absolute atomic E-state index is 0.427. The van der Waals surface area contributed by atoms with Crippen LogP contribution in [0.15, 0.2) is 28.7 Å². The van der Waals surface area contributed by atoms with E-state index in [1.165, 1.54) is 0 Å². The second kappa shape index (κ2) is 6.09. The number of benzene rings is 1. The smallest absolute Gasteiger partial charge is 0.248 e. The highest BCUT2D eigenvalue weighted by molar-refractivity contribution is 9.10. The number of carbonyl (C=O) groups excluding carboxylic acids is 1. The van der Waals surface area contributed by atoms with E-state index in [1.54, 1.807) is 18.2 Å². The molecule has 0 bridgehead atoms. The molecule has 0 atom stereocenters. The first-order valence-electron chi connectivity index (χ1n) is 6.38. The summed E-state index contributed by atoms with van der Waals surface area (Å²) in [5.74, 6) is -0.427. The van der Waals surface area contributed by atoms with Crippen molar-refractivity contribution in [1.82, 2.24) is 9.78 Å². The van der Waals surface area contributed by atoms with E-state index in [1.807, 2.05) is 17.7 Å². The second-order valence-corrected chi connectivity index (χ2v) is 5.25. The van der Waals surface area contributed by atoms with E-state index < -0.39 is 5.91 Å². The summed E-state index contributed by atoms with van der Waals surface area (Å²) in [6, 6.07) is 7.15. The summed E-state index contributed by atoms with van der Waals surface area (Å²) in [6.45, 7) is 5.45. The molecule has 0 unspecified atom stereocenters. The number of primary amides is 1. The van der Waals surface area contributed by atoms with Gasteiger partial charge in [0.1, 0.15) is 0 Å². The number of rotatable bonds is 5. The number of halogens is 1. The minimum atomic E-state index is -0.427. The average Bonchev–Trinajstić information content (AvgIpc) is 2.72. The number of aromatic nitrogens is 2. The van der Waals surface area contributed by atoms with Crippen molar-refractivity contribution in [3.05, 3.63) is 45.7 Å². The fraction of sp³-hybridized carbons (Fsp3) is 0.286. The van der Waals surface area contributed by atoms with Gasteiger partial charge in [0, 0.05) is 17.8 Å². The number of amides is 1. The molecular formula is C14H17BrN4O. The summed E-state index contributed by atoms with van der Waals surface area (Å²) in [6.07, 6.45) is 0. The SMILES string of the molecule is CCn1nc(C)c(Br)c1CNc1cccc(C(N)=O)c1. The van der Waals surface area contributed by atoms with E-state index in [2.05, 4.69) is 33.3 Å². The molecule has 0 radical (unpaired) electrons. The topological polar surface area (TPSA) is 72.9 Å². The molecule has 5 nitrogen and oxygen atoms in total. The van der Waals surface area contributed by atoms with Crippen LogP contribution in [0.2, 0.25) is 0 Å². The fourth-order valence-electron chi connectivity index (χ4n) is 2.01. The first-order chi connectivity index (χ1) is 9.52. The first-order valence-corrected chi connectivity index (χ1v) is 7.17. The number of nitrogens with one attached hydrogen (secondary N) is 1. The lowest BCUT2D eigenvalue weighted by Crippen LogP contribution is -2.12. The Hall–Kier alpha value is -1.82. The Bertz CT molecular complexity index is 636. The van der Waals surface area contributed by atoms with Gasteiger partial charge in [-0.15, -0.1) is 0 Å². The lowest BCUT2D eigenvalue weighted by atomic mass is 10.2. The standard InChI is InChI=1S/C14H17BrN4O/c1-3-19-12(13(15)9(2)18-19)8-17-11-6-4-5-10(7-11)14(16)20/h4-7,17H,3,8H2,1-2H3,(H2,16,20). The number of nitrogens with zero attached hydrogens (tertiary/aromatic N) is 2. The van der Waals surface area contributed by atoms with Gasteiger partial charge in [-0.25, -0.2) is 0 Å². The maximum Gasteiger partial charge on any atom is 0.248 e. The number of carbonyl (C=O) groups is 1. The Labute approximate surface area is 126 Å². The van der Waals surface area contributed by atoms with E-state index in [0.717, 1.165) is 28.1 Å². The number of aryl methyl sites for hydroxylation is 2. The quantitative estimate of drug-likeness (QED) is 0.881. The van der Waals surface area contributed by atoms with Crippen LogP contribution in [0.1, 0.15) is 28.7 Å². The van der Waals surface area contributed by atoms with Crippen molar-refractivity contribution in [1.29, 1.82) is 0 Å². The van der Waals surface area contributed by atoms with Crippen LogP contribution in [0.5, 0.6) is 0 Å². The molecule has 20 heavy (non-hydrogen) atoms. The van der Waals surface area contributed by atoms with Gasteiger partial charge in [0.05, 0.1) is 22.4 Å². The van der Waals surface area contributed by atoms with Crippen molar-refractivity contribution in [3.8, 4) is 0 Å². The molecule has 3 N–H and O–H groups in total. The van der Waals surface area contributed by atoms with Gasteiger partial charge in [-0.1, -0.05) is 6.07 Å². The Balaban J connectivity index is 2.16. The predicted octanol–water partition coefficient (Wildman–Crippen LogP) is 2.68. The van der Waals surface area contributed by atoms with Crippen LogP contribution in [0.3, 0.4) is 0 Å². The van der Waals surface area contributed by atoms with Gasteiger partial charge in [0.2, 0.25) is 5.91 Å². The number of hydrogen-bond donors (Lipinski definition) is 2. The van der Waals surface area contributed by atoms with Gasteiger partial charge in [-0.3, -0.25) is 9.48 Å². The van der Waals surface area contributed by atoms with Crippen molar-refractivity contribution in [2.24, 2.45) is 5.73 Å². The number of anilines is 1. The molecular weight excluding hydrogens is 320 g/mol. The second-order valence-electron chi connectivity index (χ2n) is 4.46. The van der Waals surface area contributed by atoms with E-state index in [9.17, 15) is 4.79 Å². The molecule has 0 fully saturated rings. The Kier molecular flexibility index (Phi) is 4.44. The normalized spacial score (nSPS) is 10.6. The minimum Gasteiger partial charge on any atom is -0.379 e. The van der Waals surface area contributed by atoms with Crippen molar-refractivity contribution in [2.45, 2.75) is 26.9 Å². The van der Waals surface area contributed by atoms with Crippen LogP contribution in [0, 0.1) is 6.92 Å². The van der Waals surface area contributed by atoms with E-state index in [0.29, 0.717) is 12.1 Å². The molecule has 2 rings (SSSR count). The zero-order valence-corrected chi connectivity index (χ0v) is 13.1. The van der Waals surface area contributed by atoms with Crippen molar-refractivity contribution in [3.63, 3.8) is 0 Å². The fourth-order valence-corrected chi connectivity index (χ4v) is 2.43. The van der Waals surface area contributed by atoms with Crippen molar-refractivity contribution < 1.29 is 4.79 Å². The van der Waals surface area contributed by atoms with Crippen LogP contribution in [0.4, 0.5) is 5.69 Å². The van der Waals surface area contributed by atoms with Crippen molar-refractivity contribution in [2.75, 3.05) is 5.32 Å². The summed E-state index contributed by atoms with van der Waals surface area (Å²) in [4.78, 5) is 11.2. The van der Waals surface area contributed by atoms with E-state index in [4.69, 9.17) is 5.73 Å². The molecule has 1 heterocycles. The largest absolute Gasteiger partial charge is 0.379 e. The summed E-state index contributed by atoms with van der Waals surface area (Å²) < 4.78 is 2.96. The van der Waals surface area contributed by atoms with Gasteiger partial charge in [0.15, 0.2) is 0 Å². The molecule has 106 valence electrons. The predicted molar refractivity (Wildman–Crippen MR) is 82.6 cm³/mol. The molecule has 6 heteroatoms. The molecule has 0 aliphatic rings. The lowest BCUT2D eigenvalue weighted by Gasteiger charge is -2.09. The van der Waals surface area contributed by atoms with Gasteiger partial charge in [-0.05, 0) is 48.0 Å². The summed E-state index contributed by atoms with van der Waals surface area (Å²) in [5, 5.41) is 7.73. The molecule has 1 aromatic heterocycles. The highest BCUT2D eigenvalue weighted by Crippen LogP contribution is 2.22. The maximum atomic E-state index is 11.2. The third-order valence-corrected chi connectivity index (χ3v) is 4.09. The third-order valence-electron chi connectivity index (χ3n) is 3.06. The van der Waals surface area contributed by atoms with Crippen molar-refractivity contribution >= 4 is 27.5 Å². The molecule has 1 aromatic carbocycles. The third kappa shape index (κ3) is 3.01. The highest BCUT2D eigenvalue weighted by Gasteiger charge is 2.11. The van der Waals surface area contributed by atoms with Gasteiger partial charge in [0.25, 0.3) is 0 Å². The molecule has 0 saturated carbocycles. The lowest BCUT2D eigenvalue weighted by molar-refractivity contribution is 0.100. The summed E-state index contributed by atoms with van der Waals surface area (Å²) >= 11 is 3.56. The van der Waals surface area contributed by atoms with Crippen LogP contribution in [0.25, 0.3) is 0 Å². The van der Waals surface area contributed by atoms with Crippen LogP contribution < -0.4 is 11.1 Å². The van der Waals surface area contributed by atoms with Gasteiger partial charge < -0.3 is 11.1 Å². The Morgan fingerprint density at radius 1 is 1.50 bits per heavy atom. The average molecular weight is 337 g/mol. The van der Waals surface area contributed by atoms with E-state index in [-0.39, 0.29) is 0 Å². The van der Waals surface area contributed by atoms with Gasteiger partial charge in [-0.2, -0.15) is 5.10 Å².